The van der Waals surface area contributed by atoms with Crippen LogP contribution in [0.4, 0.5) is 5.69 Å². The van der Waals surface area contributed by atoms with Crippen LogP contribution in [0.15, 0.2) is 48.8 Å². The van der Waals surface area contributed by atoms with Crippen LogP contribution < -0.4 is 4.90 Å². The summed E-state index contributed by atoms with van der Waals surface area (Å²) in [5.41, 5.74) is 1.20. The molecule has 2 rings (SSSR count). The van der Waals surface area contributed by atoms with Gasteiger partial charge in [-0.3, -0.25) is 9.78 Å². The van der Waals surface area contributed by atoms with E-state index in [4.69, 9.17) is 0 Å². The molecular formula is C14H14N2O2. The van der Waals surface area contributed by atoms with Crippen LogP contribution in [0.1, 0.15) is 17.3 Å². The fraction of sp³-hybridized carbons (Fsp3) is 0.143. The minimum atomic E-state index is -0.174. The summed E-state index contributed by atoms with van der Waals surface area (Å²) in [4.78, 5) is 17.8. The smallest absolute Gasteiger partial charge is 0.259 e. The molecule has 0 atom stereocenters. The molecule has 0 unspecified atom stereocenters. The molecule has 0 aliphatic heterocycles. The number of para-hydroxylation sites is 1. The van der Waals surface area contributed by atoms with Gasteiger partial charge in [-0.2, -0.15) is 0 Å². The summed E-state index contributed by atoms with van der Waals surface area (Å²) in [6, 6.07) is 10.8. The van der Waals surface area contributed by atoms with Gasteiger partial charge < -0.3 is 10.0 Å². The van der Waals surface area contributed by atoms with Crippen LogP contribution >= 0.6 is 0 Å². The van der Waals surface area contributed by atoms with Gasteiger partial charge >= 0.3 is 0 Å². The van der Waals surface area contributed by atoms with E-state index in [2.05, 4.69) is 4.98 Å². The number of hydrogen-bond acceptors (Lipinski definition) is 3. The van der Waals surface area contributed by atoms with Crippen molar-refractivity contribution in [2.24, 2.45) is 0 Å². The van der Waals surface area contributed by atoms with Gasteiger partial charge in [-0.15, -0.1) is 0 Å². The maximum absolute atomic E-state index is 12.3. The normalized spacial score (nSPS) is 10.1. The van der Waals surface area contributed by atoms with Crippen molar-refractivity contribution in [3.63, 3.8) is 0 Å². The third-order valence-corrected chi connectivity index (χ3v) is 2.60. The highest BCUT2D eigenvalue weighted by molar-refractivity contribution is 6.06. The summed E-state index contributed by atoms with van der Waals surface area (Å²) in [7, 11) is 0. The molecule has 92 valence electrons. The van der Waals surface area contributed by atoms with Crippen LogP contribution in [0.2, 0.25) is 0 Å². The summed E-state index contributed by atoms with van der Waals surface area (Å²) < 4.78 is 0. The SMILES string of the molecule is CCN(C(=O)c1cncc(O)c1)c1ccccc1. The van der Waals surface area contributed by atoms with Gasteiger partial charge in [0, 0.05) is 18.4 Å². The monoisotopic (exact) mass is 242 g/mol. The Morgan fingerprint density at radius 2 is 2.00 bits per heavy atom. The molecule has 0 fully saturated rings. The van der Waals surface area contributed by atoms with Crippen molar-refractivity contribution in [3.05, 3.63) is 54.4 Å². The van der Waals surface area contributed by atoms with Crippen LogP contribution in [0, 0.1) is 0 Å². The third kappa shape index (κ3) is 2.48. The van der Waals surface area contributed by atoms with Crippen LogP contribution in [0.3, 0.4) is 0 Å². The van der Waals surface area contributed by atoms with Gasteiger partial charge in [-0.05, 0) is 25.1 Å². The number of nitrogens with zero attached hydrogens (tertiary/aromatic N) is 2. The number of amides is 1. The molecule has 0 saturated carbocycles. The minimum absolute atomic E-state index is 0.00929. The number of rotatable bonds is 3. The number of carbonyl (C=O) groups excluding carboxylic acids is 1. The van der Waals surface area contributed by atoms with Gasteiger partial charge in [0.15, 0.2) is 0 Å². The van der Waals surface area contributed by atoms with E-state index >= 15 is 0 Å². The molecular weight excluding hydrogens is 228 g/mol. The van der Waals surface area contributed by atoms with Crippen molar-refractivity contribution >= 4 is 11.6 Å². The first-order valence-corrected chi connectivity index (χ1v) is 5.73. The zero-order valence-corrected chi connectivity index (χ0v) is 10.1. The van der Waals surface area contributed by atoms with Crippen LogP contribution in [0.25, 0.3) is 0 Å². The van der Waals surface area contributed by atoms with E-state index < -0.39 is 0 Å². The predicted molar refractivity (Wildman–Crippen MR) is 69.7 cm³/mol. The molecule has 0 bridgehead atoms. The Balaban J connectivity index is 2.32. The number of aromatic hydroxyl groups is 1. The summed E-state index contributed by atoms with van der Waals surface area (Å²) in [6.45, 7) is 2.46. The van der Waals surface area contributed by atoms with Gasteiger partial charge in [0.25, 0.3) is 5.91 Å². The Kier molecular flexibility index (Phi) is 3.57. The van der Waals surface area contributed by atoms with Crippen molar-refractivity contribution in [3.8, 4) is 5.75 Å². The van der Waals surface area contributed by atoms with Crippen molar-refractivity contribution in [2.45, 2.75) is 6.92 Å². The van der Waals surface area contributed by atoms with Crippen LogP contribution in [-0.4, -0.2) is 22.5 Å². The molecule has 0 radical (unpaired) electrons. The van der Waals surface area contributed by atoms with Gasteiger partial charge in [-0.1, -0.05) is 18.2 Å². The second-order valence-electron chi connectivity index (χ2n) is 3.82. The topological polar surface area (TPSA) is 53.4 Å². The fourth-order valence-corrected chi connectivity index (χ4v) is 1.75. The number of carbonyl (C=O) groups is 1. The van der Waals surface area contributed by atoms with E-state index in [9.17, 15) is 9.90 Å². The molecule has 0 aliphatic carbocycles. The second-order valence-corrected chi connectivity index (χ2v) is 3.82. The van der Waals surface area contributed by atoms with E-state index in [1.54, 1.807) is 4.90 Å². The summed E-state index contributed by atoms with van der Waals surface area (Å²) in [6.07, 6.45) is 2.75. The number of hydrogen-bond donors (Lipinski definition) is 1. The quantitative estimate of drug-likeness (QED) is 0.899. The number of pyridine rings is 1. The largest absolute Gasteiger partial charge is 0.506 e. The van der Waals surface area contributed by atoms with E-state index in [0.717, 1.165) is 5.69 Å². The Bertz CT molecular complexity index is 541. The van der Waals surface area contributed by atoms with Gasteiger partial charge in [0.05, 0.1) is 11.8 Å². The molecule has 1 aromatic carbocycles. The van der Waals surface area contributed by atoms with Gasteiger partial charge in [-0.25, -0.2) is 0 Å². The summed E-state index contributed by atoms with van der Waals surface area (Å²) in [5, 5.41) is 9.35. The maximum atomic E-state index is 12.3. The Morgan fingerprint density at radius 1 is 1.28 bits per heavy atom. The summed E-state index contributed by atoms with van der Waals surface area (Å²) in [5.74, 6) is -0.183. The Morgan fingerprint density at radius 3 is 2.61 bits per heavy atom. The van der Waals surface area contributed by atoms with Crippen molar-refractivity contribution in [1.82, 2.24) is 4.98 Å². The molecule has 0 aliphatic rings. The Hall–Kier alpha value is -2.36. The number of benzene rings is 1. The minimum Gasteiger partial charge on any atom is -0.506 e. The summed E-state index contributed by atoms with van der Waals surface area (Å²) >= 11 is 0. The second kappa shape index (κ2) is 5.31. The molecule has 2 aromatic rings. The van der Waals surface area contributed by atoms with Crippen molar-refractivity contribution in [2.75, 3.05) is 11.4 Å². The number of aromatic nitrogens is 1. The first-order valence-electron chi connectivity index (χ1n) is 5.73. The van der Waals surface area contributed by atoms with E-state index in [1.807, 2.05) is 37.3 Å². The highest BCUT2D eigenvalue weighted by Gasteiger charge is 2.16. The molecule has 0 spiro atoms. The first kappa shape index (κ1) is 12.1. The van der Waals surface area contributed by atoms with E-state index in [0.29, 0.717) is 12.1 Å². The average molecular weight is 242 g/mol. The van der Waals surface area contributed by atoms with Crippen LogP contribution in [0.5, 0.6) is 5.75 Å². The molecule has 1 N–H and O–H groups in total. The van der Waals surface area contributed by atoms with Gasteiger partial charge in [0.2, 0.25) is 0 Å². The standard InChI is InChI=1S/C14H14N2O2/c1-2-16(12-6-4-3-5-7-12)14(18)11-8-13(17)10-15-9-11/h3-10,17H,2H2,1H3. The molecule has 4 nitrogen and oxygen atoms in total. The van der Waals surface area contributed by atoms with Crippen molar-refractivity contribution < 1.29 is 9.90 Å². The first-order chi connectivity index (χ1) is 8.72. The highest BCUT2D eigenvalue weighted by atomic mass is 16.3. The third-order valence-electron chi connectivity index (χ3n) is 2.60. The zero-order valence-electron chi connectivity index (χ0n) is 10.1. The predicted octanol–water partition coefficient (Wildman–Crippen LogP) is 2.45. The van der Waals surface area contributed by atoms with E-state index in [-0.39, 0.29) is 11.7 Å². The lowest BCUT2D eigenvalue weighted by molar-refractivity contribution is 0.0987. The zero-order chi connectivity index (χ0) is 13.0. The van der Waals surface area contributed by atoms with E-state index in [1.165, 1.54) is 18.5 Å². The molecule has 1 heterocycles. The Labute approximate surface area is 106 Å². The maximum Gasteiger partial charge on any atom is 0.259 e. The lowest BCUT2D eigenvalue weighted by atomic mass is 10.2. The molecule has 1 amide bonds. The van der Waals surface area contributed by atoms with Gasteiger partial charge in [0.1, 0.15) is 5.75 Å². The van der Waals surface area contributed by atoms with Crippen LogP contribution in [-0.2, 0) is 0 Å². The molecule has 1 aromatic heterocycles. The molecule has 18 heavy (non-hydrogen) atoms. The number of anilines is 1. The average Bonchev–Trinajstić information content (AvgIpc) is 2.41. The molecule has 0 saturated heterocycles. The highest BCUT2D eigenvalue weighted by Crippen LogP contribution is 2.17. The lowest BCUT2D eigenvalue weighted by Gasteiger charge is -2.20. The fourth-order valence-electron chi connectivity index (χ4n) is 1.75. The molecule has 4 heteroatoms. The lowest BCUT2D eigenvalue weighted by Crippen LogP contribution is -2.30. The van der Waals surface area contributed by atoms with Crippen molar-refractivity contribution in [1.29, 1.82) is 0 Å².